The average molecular weight is 220 g/mol. The molecule has 0 aliphatic rings. The number of H-pyrrole nitrogens is 1. The highest BCUT2D eigenvalue weighted by molar-refractivity contribution is 5.57. The first-order chi connectivity index (χ1) is 7.60. The molecule has 16 heavy (non-hydrogen) atoms. The van der Waals surface area contributed by atoms with Gasteiger partial charge in [-0.05, 0) is 6.42 Å². The molecule has 2 aromatic rings. The Kier molecular flexibility index (Phi) is 2.43. The third kappa shape index (κ3) is 1.79. The van der Waals surface area contributed by atoms with Crippen molar-refractivity contribution in [3.8, 4) is 11.4 Å². The molecule has 0 atom stereocenters. The maximum absolute atomic E-state index is 11.2. The smallest absolute Gasteiger partial charge is 0.349 e. The van der Waals surface area contributed by atoms with Crippen molar-refractivity contribution < 1.29 is 0 Å². The maximum atomic E-state index is 11.2. The molecule has 0 saturated carbocycles. The third-order valence-corrected chi connectivity index (χ3v) is 2.16. The second-order valence-electron chi connectivity index (χ2n) is 3.38. The van der Waals surface area contributed by atoms with Gasteiger partial charge < -0.3 is 5.73 Å². The molecule has 0 amide bonds. The van der Waals surface area contributed by atoms with Crippen LogP contribution in [0.3, 0.4) is 0 Å². The van der Waals surface area contributed by atoms with Crippen LogP contribution in [0.4, 0.5) is 5.95 Å². The predicted molar refractivity (Wildman–Crippen MR) is 58.6 cm³/mol. The van der Waals surface area contributed by atoms with E-state index in [1.54, 1.807) is 10.9 Å². The Labute approximate surface area is 91.4 Å². The highest BCUT2D eigenvalue weighted by Crippen LogP contribution is 2.18. The Bertz CT molecular complexity index is 570. The van der Waals surface area contributed by atoms with E-state index in [0.29, 0.717) is 5.82 Å². The van der Waals surface area contributed by atoms with Crippen molar-refractivity contribution in [2.75, 3.05) is 5.73 Å². The van der Waals surface area contributed by atoms with Crippen molar-refractivity contribution in [2.24, 2.45) is 7.05 Å². The Balaban J connectivity index is 2.61. The molecule has 84 valence electrons. The lowest BCUT2D eigenvalue weighted by atomic mass is 10.2. The number of aromatic nitrogens is 5. The zero-order chi connectivity index (χ0) is 11.7. The van der Waals surface area contributed by atoms with Crippen LogP contribution >= 0.6 is 0 Å². The van der Waals surface area contributed by atoms with Crippen molar-refractivity contribution in [3.05, 3.63) is 22.4 Å². The molecule has 2 heterocycles. The summed E-state index contributed by atoms with van der Waals surface area (Å²) < 4.78 is 1.67. The quantitative estimate of drug-likeness (QED) is 0.724. The van der Waals surface area contributed by atoms with Crippen LogP contribution in [-0.4, -0.2) is 24.7 Å². The van der Waals surface area contributed by atoms with Crippen molar-refractivity contribution in [2.45, 2.75) is 13.3 Å². The third-order valence-electron chi connectivity index (χ3n) is 2.16. The van der Waals surface area contributed by atoms with Gasteiger partial charge in [0.05, 0.1) is 11.3 Å². The van der Waals surface area contributed by atoms with Gasteiger partial charge in [0, 0.05) is 13.2 Å². The Morgan fingerprint density at radius 2 is 2.25 bits per heavy atom. The lowest BCUT2D eigenvalue weighted by molar-refractivity contribution is 0.746. The maximum Gasteiger partial charge on any atom is 0.349 e. The summed E-state index contributed by atoms with van der Waals surface area (Å²) in [5.74, 6) is 0.368. The van der Waals surface area contributed by atoms with E-state index in [9.17, 15) is 4.79 Å². The second-order valence-corrected chi connectivity index (χ2v) is 3.38. The van der Waals surface area contributed by atoms with Crippen LogP contribution in [0.2, 0.25) is 0 Å². The van der Waals surface area contributed by atoms with E-state index in [1.807, 2.05) is 14.0 Å². The van der Waals surface area contributed by atoms with Crippen LogP contribution in [0.15, 0.2) is 11.0 Å². The number of hydrogen-bond acceptors (Lipinski definition) is 5. The normalized spacial score (nSPS) is 10.6. The summed E-state index contributed by atoms with van der Waals surface area (Å²) in [6, 6.07) is 0. The zero-order valence-electron chi connectivity index (χ0n) is 9.06. The Hall–Kier alpha value is -2.18. The second kappa shape index (κ2) is 3.76. The molecule has 2 aromatic heterocycles. The van der Waals surface area contributed by atoms with Crippen LogP contribution in [0.1, 0.15) is 12.6 Å². The molecular weight excluding hydrogens is 208 g/mol. The predicted octanol–water partition coefficient (Wildman–Crippen LogP) is -0.290. The minimum Gasteiger partial charge on any atom is -0.368 e. The molecule has 0 spiro atoms. The molecule has 7 heteroatoms. The lowest BCUT2D eigenvalue weighted by Crippen LogP contribution is -2.15. The summed E-state index contributed by atoms with van der Waals surface area (Å²) in [4.78, 5) is 21.2. The van der Waals surface area contributed by atoms with Gasteiger partial charge in [-0.2, -0.15) is 15.1 Å². The van der Waals surface area contributed by atoms with Gasteiger partial charge in [-0.25, -0.2) is 4.79 Å². The van der Waals surface area contributed by atoms with Crippen LogP contribution in [0, 0.1) is 0 Å². The highest BCUT2D eigenvalue weighted by Gasteiger charge is 2.11. The highest BCUT2D eigenvalue weighted by atomic mass is 16.1. The van der Waals surface area contributed by atoms with Gasteiger partial charge in [0.2, 0.25) is 5.95 Å². The first-order valence-corrected chi connectivity index (χ1v) is 4.87. The minimum absolute atomic E-state index is 0.0374. The van der Waals surface area contributed by atoms with E-state index in [-0.39, 0.29) is 5.95 Å². The molecule has 2 rings (SSSR count). The fraction of sp³-hybridized carbons (Fsp3) is 0.333. The molecule has 0 fully saturated rings. The molecule has 0 aliphatic carbocycles. The molecule has 0 unspecified atom stereocenters. The van der Waals surface area contributed by atoms with Gasteiger partial charge >= 0.3 is 5.69 Å². The van der Waals surface area contributed by atoms with Crippen molar-refractivity contribution in [1.29, 1.82) is 0 Å². The van der Waals surface area contributed by atoms with Crippen LogP contribution in [0.25, 0.3) is 11.4 Å². The van der Waals surface area contributed by atoms with Crippen molar-refractivity contribution in [1.82, 2.24) is 24.7 Å². The minimum atomic E-state index is -0.506. The van der Waals surface area contributed by atoms with Crippen molar-refractivity contribution >= 4 is 5.95 Å². The number of anilines is 1. The molecule has 0 radical (unpaired) electrons. The molecule has 0 bridgehead atoms. The van der Waals surface area contributed by atoms with Crippen LogP contribution < -0.4 is 11.4 Å². The molecule has 0 aromatic carbocycles. The summed E-state index contributed by atoms with van der Waals surface area (Å²) in [7, 11) is 1.81. The van der Waals surface area contributed by atoms with Crippen molar-refractivity contribution in [3.63, 3.8) is 0 Å². The van der Waals surface area contributed by atoms with Crippen LogP contribution in [-0.2, 0) is 13.5 Å². The van der Waals surface area contributed by atoms with E-state index in [4.69, 9.17) is 5.73 Å². The number of rotatable bonds is 2. The van der Waals surface area contributed by atoms with E-state index >= 15 is 0 Å². The Morgan fingerprint density at radius 1 is 1.50 bits per heavy atom. The lowest BCUT2D eigenvalue weighted by Gasteiger charge is -1.99. The van der Waals surface area contributed by atoms with E-state index in [2.05, 4.69) is 20.1 Å². The first kappa shape index (κ1) is 10.3. The number of nitrogen functional groups attached to an aromatic ring is 1. The fourth-order valence-electron chi connectivity index (χ4n) is 1.52. The largest absolute Gasteiger partial charge is 0.368 e. The van der Waals surface area contributed by atoms with E-state index in [0.717, 1.165) is 17.7 Å². The van der Waals surface area contributed by atoms with Gasteiger partial charge in [0.15, 0.2) is 0 Å². The molecule has 7 nitrogen and oxygen atoms in total. The van der Waals surface area contributed by atoms with E-state index in [1.165, 1.54) is 0 Å². The van der Waals surface area contributed by atoms with Crippen LogP contribution in [0.5, 0.6) is 0 Å². The summed E-state index contributed by atoms with van der Waals surface area (Å²) in [6.07, 6.45) is 2.54. The Morgan fingerprint density at radius 3 is 2.88 bits per heavy atom. The summed E-state index contributed by atoms with van der Waals surface area (Å²) in [6.45, 7) is 1.98. The fourth-order valence-corrected chi connectivity index (χ4v) is 1.52. The monoisotopic (exact) mass is 220 g/mol. The number of aryl methyl sites for hydroxylation is 2. The number of aromatic amines is 1. The molecule has 0 aliphatic heterocycles. The number of nitrogens with one attached hydrogen (secondary N) is 1. The van der Waals surface area contributed by atoms with Gasteiger partial charge in [-0.1, -0.05) is 6.92 Å². The summed E-state index contributed by atoms with van der Waals surface area (Å²) in [5, 5.41) is 4.26. The SMILES string of the molecule is CCc1nn(C)cc1-c1nc(N)nc(=O)[nH]1. The van der Waals surface area contributed by atoms with Gasteiger partial charge in [0.1, 0.15) is 5.82 Å². The zero-order valence-corrected chi connectivity index (χ0v) is 9.06. The standard InChI is InChI=1S/C9H12N6O/c1-3-6-5(4-15(2)14-6)7-11-8(10)13-9(16)12-7/h4H,3H2,1-2H3,(H3,10,11,12,13,16). The van der Waals surface area contributed by atoms with Gasteiger partial charge in [0.25, 0.3) is 0 Å². The summed E-state index contributed by atoms with van der Waals surface area (Å²) >= 11 is 0. The number of hydrogen-bond donors (Lipinski definition) is 2. The average Bonchev–Trinajstić information content (AvgIpc) is 2.58. The van der Waals surface area contributed by atoms with Gasteiger partial charge in [-0.15, -0.1) is 0 Å². The number of nitrogens with two attached hydrogens (primary N) is 1. The molecule has 0 saturated heterocycles. The first-order valence-electron chi connectivity index (χ1n) is 4.87. The van der Waals surface area contributed by atoms with Gasteiger partial charge in [-0.3, -0.25) is 9.67 Å². The molecular formula is C9H12N6O. The van der Waals surface area contributed by atoms with E-state index < -0.39 is 5.69 Å². The molecule has 3 N–H and O–H groups in total. The number of nitrogens with zero attached hydrogens (tertiary/aromatic N) is 4. The summed E-state index contributed by atoms with van der Waals surface area (Å²) in [5.41, 5.74) is 6.55. The topological polar surface area (TPSA) is 102 Å².